The summed E-state index contributed by atoms with van der Waals surface area (Å²) in [6.45, 7) is 5.65. The average molecular weight is 428 g/mol. The van der Waals surface area contributed by atoms with Crippen molar-refractivity contribution in [3.63, 3.8) is 0 Å². The Bertz CT molecular complexity index is 1110. The summed E-state index contributed by atoms with van der Waals surface area (Å²) in [6.07, 6.45) is 3.07. The summed E-state index contributed by atoms with van der Waals surface area (Å²) < 4.78 is 31.1. The number of aryl methyl sites for hydroxylation is 1. The lowest BCUT2D eigenvalue weighted by Gasteiger charge is -2.33. The molecule has 0 bridgehead atoms. The Morgan fingerprint density at radius 2 is 1.87 bits per heavy atom. The molecule has 0 atom stereocenters. The first-order valence-electron chi connectivity index (χ1n) is 10.1. The molecule has 1 aromatic carbocycles. The minimum Gasteiger partial charge on any atom is -0.356 e. The SMILES string of the molecule is CCn1nccc1C(=O)NC1CCN(C2=NS(=O)(=O)C(c3ccccc3)=C2C)CC1. The number of hydrogen-bond acceptors (Lipinski definition) is 5. The lowest BCUT2D eigenvalue weighted by Crippen LogP contribution is -2.46. The van der Waals surface area contributed by atoms with Crippen molar-refractivity contribution in [1.29, 1.82) is 0 Å². The van der Waals surface area contributed by atoms with Crippen molar-refractivity contribution in [2.45, 2.75) is 39.3 Å². The maximum Gasteiger partial charge on any atom is 0.285 e. The molecule has 9 heteroatoms. The molecule has 1 amide bonds. The second-order valence-electron chi connectivity index (χ2n) is 7.48. The lowest BCUT2D eigenvalue weighted by atomic mass is 10.0. The van der Waals surface area contributed by atoms with E-state index in [2.05, 4.69) is 14.8 Å². The second-order valence-corrected chi connectivity index (χ2v) is 9.02. The molecule has 0 radical (unpaired) electrons. The van der Waals surface area contributed by atoms with Crippen molar-refractivity contribution in [2.24, 2.45) is 4.40 Å². The standard InChI is InChI=1S/C21H25N5O3S/c1-3-26-18(9-12-22-26)21(27)23-17-10-13-25(14-11-17)20-15(2)19(30(28,29)24-20)16-7-5-4-6-8-16/h4-9,12,17H,3,10-11,13-14H2,1-2H3,(H,23,27). The zero-order valence-corrected chi connectivity index (χ0v) is 17.9. The first kappa shape index (κ1) is 20.3. The van der Waals surface area contributed by atoms with Crippen molar-refractivity contribution < 1.29 is 13.2 Å². The van der Waals surface area contributed by atoms with E-state index in [1.807, 2.05) is 36.9 Å². The fraction of sp³-hybridized carbons (Fsp3) is 0.381. The van der Waals surface area contributed by atoms with Crippen LogP contribution >= 0.6 is 0 Å². The molecule has 3 heterocycles. The molecule has 0 spiro atoms. The number of amidine groups is 1. The van der Waals surface area contributed by atoms with Crippen LogP contribution in [-0.4, -0.2) is 54.0 Å². The number of benzene rings is 1. The Morgan fingerprint density at radius 3 is 2.53 bits per heavy atom. The maximum absolute atomic E-state index is 12.7. The van der Waals surface area contributed by atoms with Crippen molar-refractivity contribution in [3.8, 4) is 0 Å². The number of carbonyl (C=O) groups excluding carboxylic acids is 1. The summed E-state index contributed by atoms with van der Waals surface area (Å²) >= 11 is 0. The molecule has 2 aromatic rings. The predicted octanol–water partition coefficient (Wildman–Crippen LogP) is 2.27. The van der Waals surface area contributed by atoms with Crippen LogP contribution in [0.2, 0.25) is 0 Å². The van der Waals surface area contributed by atoms with E-state index in [1.54, 1.807) is 29.1 Å². The van der Waals surface area contributed by atoms with Gasteiger partial charge in [-0.1, -0.05) is 30.3 Å². The summed E-state index contributed by atoms with van der Waals surface area (Å²) in [4.78, 5) is 14.8. The number of aromatic nitrogens is 2. The Labute approximate surface area is 176 Å². The molecule has 8 nitrogen and oxygen atoms in total. The molecule has 1 aromatic heterocycles. The van der Waals surface area contributed by atoms with Crippen LogP contribution in [0.25, 0.3) is 4.91 Å². The van der Waals surface area contributed by atoms with Gasteiger partial charge in [0.25, 0.3) is 15.9 Å². The zero-order chi connectivity index (χ0) is 21.3. The minimum absolute atomic E-state index is 0.0328. The second kappa shape index (κ2) is 8.06. The van der Waals surface area contributed by atoms with Crippen LogP contribution in [0.1, 0.15) is 42.7 Å². The molecule has 4 rings (SSSR count). The Balaban J connectivity index is 1.44. The van der Waals surface area contributed by atoms with E-state index in [9.17, 15) is 13.2 Å². The third-order valence-electron chi connectivity index (χ3n) is 5.56. The van der Waals surface area contributed by atoms with E-state index in [0.29, 0.717) is 42.3 Å². The molecule has 158 valence electrons. The van der Waals surface area contributed by atoms with E-state index in [1.165, 1.54) is 0 Å². The number of nitrogens with one attached hydrogen (secondary N) is 1. The molecule has 2 aliphatic heterocycles. The van der Waals surface area contributed by atoms with Gasteiger partial charge in [0, 0.05) is 37.4 Å². The van der Waals surface area contributed by atoms with Crippen molar-refractivity contribution in [1.82, 2.24) is 20.0 Å². The summed E-state index contributed by atoms with van der Waals surface area (Å²) in [5.74, 6) is 0.388. The van der Waals surface area contributed by atoms with Gasteiger partial charge in [0.1, 0.15) is 16.4 Å². The normalized spacial score (nSPS) is 19.1. The van der Waals surface area contributed by atoms with E-state index in [0.717, 1.165) is 12.8 Å². The minimum atomic E-state index is -3.71. The number of amides is 1. The van der Waals surface area contributed by atoms with E-state index < -0.39 is 10.0 Å². The number of sulfonamides is 1. The van der Waals surface area contributed by atoms with Gasteiger partial charge in [-0.15, -0.1) is 4.40 Å². The van der Waals surface area contributed by atoms with Gasteiger partial charge in [0.05, 0.1) is 0 Å². The van der Waals surface area contributed by atoms with Crippen LogP contribution < -0.4 is 5.32 Å². The van der Waals surface area contributed by atoms with Gasteiger partial charge in [-0.2, -0.15) is 13.5 Å². The maximum atomic E-state index is 12.7. The molecule has 1 fully saturated rings. The number of carbonyl (C=O) groups is 1. The highest BCUT2D eigenvalue weighted by atomic mass is 32.2. The lowest BCUT2D eigenvalue weighted by molar-refractivity contribution is 0.0911. The molecular weight excluding hydrogens is 402 g/mol. The van der Waals surface area contributed by atoms with Gasteiger partial charge in [0.15, 0.2) is 0 Å². The predicted molar refractivity (Wildman–Crippen MR) is 115 cm³/mol. The fourth-order valence-corrected chi connectivity index (χ4v) is 5.53. The van der Waals surface area contributed by atoms with Crippen LogP contribution in [0.3, 0.4) is 0 Å². The van der Waals surface area contributed by atoms with Gasteiger partial charge in [0.2, 0.25) is 0 Å². The van der Waals surface area contributed by atoms with Crippen LogP contribution in [0.15, 0.2) is 52.6 Å². The molecule has 0 unspecified atom stereocenters. The summed E-state index contributed by atoms with van der Waals surface area (Å²) in [7, 11) is -3.71. The van der Waals surface area contributed by atoms with Crippen molar-refractivity contribution in [2.75, 3.05) is 13.1 Å². The fourth-order valence-electron chi connectivity index (χ4n) is 4.05. The molecular formula is C21H25N5O3S. The van der Waals surface area contributed by atoms with E-state index in [4.69, 9.17) is 0 Å². The smallest absolute Gasteiger partial charge is 0.285 e. The first-order valence-corrected chi connectivity index (χ1v) is 11.5. The molecule has 1 saturated heterocycles. The Morgan fingerprint density at radius 1 is 1.17 bits per heavy atom. The molecule has 30 heavy (non-hydrogen) atoms. The van der Waals surface area contributed by atoms with Crippen LogP contribution in [-0.2, 0) is 16.6 Å². The largest absolute Gasteiger partial charge is 0.356 e. The quantitative estimate of drug-likeness (QED) is 0.807. The van der Waals surface area contributed by atoms with Crippen molar-refractivity contribution >= 4 is 26.7 Å². The van der Waals surface area contributed by atoms with E-state index in [-0.39, 0.29) is 16.9 Å². The Kier molecular flexibility index (Phi) is 5.46. The highest BCUT2D eigenvalue weighted by Gasteiger charge is 2.35. The highest BCUT2D eigenvalue weighted by molar-refractivity contribution is 8.00. The topological polar surface area (TPSA) is 96.7 Å². The zero-order valence-electron chi connectivity index (χ0n) is 17.1. The molecule has 1 N–H and O–H groups in total. The molecule has 0 saturated carbocycles. The monoisotopic (exact) mass is 427 g/mol. The number of rotatable bonds is 4. The first-order chi connectivity index (χ1) is 14.4. The number of likely N-dealkylation sites (tertiary alicyclic amines) is 1. The number of hydrogen-bond donors (Lipinski definition) is 1. The molecule has 2 aliphatic rings. The van der Waals surface area contributed by atoms with Crippen LogP contribution in [0.5, 0.6) is 0 Å². The van der Waals surface area contributed by atoms with Gasteiger partial charge in [-0.05, 0) is 38.3 Å². The average Bonchev–Trinajstić information content (AvgIpc) is 3.31. The van der Waals surface area contributed by atoms with Gasteiger partial charge < -0.3 is 10.2 Å². The third kappa shape index (κ3) is 3.77. The summed E-state index contributed by atoms with van der Waals surface area (Å²) in [5, 5.41) is 7.21. The van der Waals surface area contributed by atoms with Gasteiger partial charge >= 0.3 is 0 Å². The van der Waals surface area contributed by atoms with Crippen molar-refractivity contribution in [3.05, 3.63) is 59.4 Å². The summed E-state index contributed by atoms with van der Waals surface area (Å²) in [6, 6.07) is 10.8. The number of piperidine rings is 1. The highest BCUT2D eigenvalue weighted by Crippen LogP contribution is 2.34. The number of nitrogens with zero attached hydrogens (tertiary/aromatic N) is 4. The van der Waals surface area contributed by atoms with Crippen LogP contribution in [0, 0.1) is 0 Å². The summed E-state index contributed by atoms with van der Waals surface area (Å²) in [5.41, 5.74) is 1.89. The van der Waals surface area contributed by atoms with Crippen LogP contribution in [0.4, 0.5) is 0 Å². The van der Waals surface area contributed by atoms with Gasteiger partial charge in [-0.25, -0.2) is 0 Å². The van der Waals surface area contributed by atoms with Gasteiger partial charge in [-0.3, -0.25) is 9.48 Å². The third-order valence-corrected chi connectivity index (χ3v) is 7.03. The molecule has 0 aliphatic carbocycles. The Hall–Kier alpha value is -2.94. The van der Waals surface area contributed by atoms with E-state index >= 15 is 0 Å².